The smallest absolute Gasteiger partial charge is 0.339 e. The molecule has 0 aliphatic rings. The van der Waals surface area contributed by atoms with E-state index in [4.69, 9.17) is 0 Å². The molecule has 0 unspecified atom stereocenters. The number of hydrogen-bond donors (Lipinski definition) is 1. The molecule has 0 saturated carbocycles. The van der Waals surface area contributed by atoms with Crippen LogP contribution in [0.1, 0.15) is 11.1 Å². The molecule has 7 heteroatoms. The predicted octanol–water partition coefficient (Wildman–Crippen LogP) is 6.43. The summed E-state index contributed by atoms with van der Waals surface area (Å²) in [5.41, 5.74) is 2.22. The first kappa shape index (κ1) is 17.5. The fourth-order valence-corrected chi connectivity index (χ4v) is 3.80. The first-order chi connectivity index (χ1) is 12.9. The lowest BCUT2D eigenvalue weighted by atomic mass is 10.0. The maximum Gasteiger partial charge on any atom is 0.418 e. The maximum atomic E-state index is 13.3. The van der Waals surface area contributed by atoms with Gasteiger partial charge in [0.1, 0.15) is 17.0 Å². The zero-order valence-electron chi connectivity index (χ0n) is 14.2. The van der Waals surface area contributed by atoms with E-state index >= 15 is 0 Å². The van der Waals surface area contributed by atoms with Gasteiger partial charge >= 0.3 is 6.18 Å². The monoisotopic (exact) mass is 385 g/mol. The van der Waals surface area contributed by atoms with E-state index in [0.29, 0.717) is 16.0 Å². The number of para-hydroxylation sites is 1. The molecule has 0 amide bonds. The number of fused-ring (bicyclic) bond motifs is 1. The van der Waals surface area contributed by atoms with Crippen molar-refractivity contribution >= 4 is 33.1 Å². The molecule has 0 bridgehead atoms. The number of anilines is 2. The van der Waals surface area contributed by atoms with Crippen LogP contribution in [-0.4, -0.2) is 9.97 Å². The summed E-state index contributed by atoms with van der Waals surface area (Å²) in [6, 6.07) is 13.3. The Balaban J connectivity index is 1.84. The number of aromatic nitrogens is 2. The molecule has 2 aromatic heterocycles. The lowest BCUT2D eigenvalue weighted by Crippen LogP contribution is -2.09. The van der Waals surface area contributed by atoms with Gasteiger partial charge in [0.15, 0.2) is 0 Å². The van der Waals surface area contributed by atoms with Gasteiger partial charge in [-0.25, -0.2) is 9.97 Å². The Hall–Kier alpha value is -2.93. The minimum Gasteiger partial charge on any atom is -0.339 e. The summed E-state index contributed by atoms with van der Waals surface area (Å²) in [5.74, 6) is 0.355. The molecule has 136 valence electrons. The topological polar surface area (TPSA) is 37.8 Å². The van der Waals surface area contributed by atoms with Crippen molar-refractivity contribution < 1.29 is 13.2 Å². The Morgan fingerprint density at radius 3 is 2.44 bits per heavy atom. The van der Waals surface area contributed by atoms with Crippen LogP contribution in [0.5, 0.6) is 0 Å². The van der Waals surface area contributed by atoms with Crippen LogP contribution in [-0.2, 0) is 6.18 Å². The van der Waals surface area contributed by atoms with E-state index < -0.39 is 11.7 Å². The first-order valence-electron chi connectivity index (χ1n) is 8.16. The minimum absolute atomic E-state index is 0.0361. The second-order valence-corrected chi connectivity index (χ2v) is 6.94. The van der Waals surface area contributed by atoms with Crippen LogP contribution in [0.3, 0.4) is 0 Å². The zero-order chi connectivity index (χ0) is 19.0. The van der Waals surface area contributed by atoms with Gasteiger partial charge in [-0.05, 0) is 24.6 Å². The number of aryl methyl sites for hydroxylation is 1. The third-order valence-electron chi connectivity index (χ3n) is 4.22. The normalized spacial score (nSPS) is 11.7. The number of halogens is 3. The fourth-order valence-electron chi connectivity index (χ4n) is 2.88. The Labute approximate surface area is 157 Å². The molecule has 3 nitrogen and oxygen atoms in total. The molecule has 27 heavy (non-hydrogen) atoms. The number of rotatable bonds is 3. The highest BCUT2D eigenvalue weighted by Gasteiger charge is 2.33. The average Bonchev–Trinajstić information content (AvgIpc) is 3.07. The molecule has 0 radical (unpaired) electrons. The van der Waals surface area contributed by atoms with Crippen molar-refractivity contribution in [1.82, 2.24) is 9.97 Å². The molecule has 0 fully saturated rings. The molecule has 4 aromatic rings. The number of benzene rings is 2. The van der Waals surface area contributed by atoms with Crippen LogP contribution in [0.15, 0.2) is 60.2 Å². The molecule has 0 aliphatic carbocycles. The van der Waals surface area contributed by atoms with Crippen LogP contribution in [0.25, 0.3) is 21.3 Å². The van der Waals surface area contributed by atoms with Gasteiger partial charge in [0.2, 0.25) is 0 Å². The van der Waals surface area contributed by atoms with Gasteiger partial charge in [-0.3, -0.25) is 0 Å². The Morgan fingerprint density at radius 2 is 1.70 bits per heavy atom. The second kappa shape index (κ2) is 6.66. The Kier molecular flexibility index (Phi) is 4.31. The van der Waals surface area contributed by atoms with Gasteiger partial charge < -0.3 is 5.32 Å². The molecule has 1 N–H and O–H groups in total. The molecule has 0 aliphatic heterocycles. The number of alkyl halides is 3. The van der Waals surface area contributed by atoms with Crippen molar-refractivity contribution in [3.63, 3.8) is 0 Å². The van der Waals surface area contributed by atoms with E-state index in [1.807, 2.05) is 36.6 Å². The quantitative estimate of drug-likeness (QED) is 0.442. The van der Waals surface area contributed by atoms with Crippen LogP contribution in [0, 0.1) is 6.92 Å². The molecule has 4 rings (SSSR count). The number of nitrogens with one attached hydrogen (secondary N) is 1. The van der Waals surface area contributed by atoms with Gasteiger partial charge in [-0.1, -0.05) is 42.0 Å². The summed E-state index contributed by atoms with van der Waals surface area (Å²) >= 11 is 1.43. The summed E-state index contributed by atoms with van der Waals surface area (Å²) in [6.45, 7) is 2.00. The third kappa shape index (κ3) is 3.38. The minimum atomic E-state index is -4.45. The zero-order valence-corrected chi connectivity index (χ0v) is 15.0. The molecule has 0 atom stereocenters. The van der Waals surface area contributed by atoms with Gasteiger partial charge in [0.05, 0.1) is 16.6 Å². The second-order valence-electron chi connectivity index (χ2n) is 6.09. The highest BCUT2D eigenvalue weighted by atomic mass is 32.1. The Bertz CT molecular complexity index is 1100. The molecule has 2 heterocycles. The SMILES string of the molecule is Cc1ccc(-c2csc3ncnc(Nc4ccccc4C(F)(F)F)c23)cc1. The first-order valence-corrected chi connectivity index (χ1v) is 9.04. The largest absolute Gasteiger partial charge is 0.418 e. The number of hydrogen-bond acceptors (Lipinski definition) is 4. The van der Waals surface area contributed by atoms with Gasteiger partial charge in [-0.2, -0.15) is 13.2 Å². The van der Waals surface area contributed by atoms with Crippen molar-refractivity contribution in [2.75, 3.05) is 5.32 Å². The van der Waals surface area contributed by atoms with Crippen molar-refractivity contribution in [2.24, 2.45) is 0 Å². The summed E-state index contributed by atoms with van der Waals surface area (Å²) in [7, 11) is 0. The van der Waals surface area contributed by atoms with Crippen LogP contribution >= 0.6 is 11.3 Å². The lowest BCUT2D eigenvalue weighted by molar-refractivity contribution is -0.136. The molecule has 0 saturated heterocycles. The maximum absolute atomic E-state index is 13.3. The summed E-state index contributed by atoms with van der Waals surface area (Å²) in [4.78, 5) is 9.20. The molecule has 0 spiro atoms. The molecular formula is C20H14F3N3S. The molecular weight excluding hydrogens is 371 g/mol. The van der Waals surface area contributed by atoms with E-state index in [-0.39, 0.29) is 5.69 Å². The summed E-state index contributed by atoms with van der Waals surface area (Å²) in [6.07, 6.45) is -3.10. The van der Waals surface area contributed by atoms with Crippen LogP contribution in [0.2, 0.25) is 0 Å². The van der Waals surface area contributed by atoms with E-state index in [1.54, 1.807) is 6.07 Å². The van der Waals surface area contributed by atoms with Crippen molar-refractivity contribution in [3.8, 4) is 11.1 Å². The van der Waals surface area contributed by atoms with E-state index in [9.17, 15) is 13.2 Å². The summed E-state index contributed by atoms with van der Waals surface area (Å²) < 4.78 is 39.9. The van der Waals surface area contributed by atoms with E-state index in [1.165, 1.54) is 29.8 Å². The molecule has 2 aromatic carbocycles. The average molecular weight is 385 g/mol. The highest BCUT2D eigenvalue weighted by molar-refractivity contribution is 7.17. The standard InChI is InChI=1S/C20H14F3N3S/c1-12-6-8-13(9-7-12)14-10-27-19-17(14)18(24-11-25-19)26-16-5-3-2-4-15(16)20(21,22)23/h2-11H,1H3,(H,24,25,26). The lowest BCUT2D eigenvalue weighted by Gasteiger charge is -2.14. The van der Waals surface area contributed by atoms with E-state index in [2.05, 4.69) is 15.3 Å². The number of thiophene rings is 1. The Morgan fingerprint density at radius 1 is 0.963 bits per heavy atom. The van der Waals surface area contributed by atoms with Gasteiger partial charge in [-0.15, -0.1) is 11.3 Å². The third-order valence-corrected chi connectivity index (χ3v) is 5.10. The van der Waals surface area contributed by atoms with Gasteiger partial charge in [0, 0.05) is 10.9 Å². The summed E-state index contributed by atoms with van der Waals surface area (Å²) in [5, 5.41) is 5.53. The van der Waals surface area contributed by atoms with Crippen LogP contribution < -0.4 is 5.32 Å². The predicted molar refractivity (Wildman–Crippen MR) is 102 cm³/mol. The van der Waals surface area contributed by atoms with Crippen LogP contribution in [0.4, 0.5) is 24.7 Å². The van der Waals surface area contributed by atoms with Gasteiger partial charge in [0.25, 0.3) is 0 Å². The number of nitrogens with zero attached hydrogens (tertiary/aromatic N) is 2. The van der Waals surface area contributed by atoms with Crippen molar-refractivity contribution in [2.45, 2.75) is 13.1 Å². The van der Waals surface area contributed by atoms with E-state index in [0.717, 1.165) is 22.8 Å². The van der Waals surface area contributed by atoms with Crippen molar-refractivity contribution in [1.29, 1.82) is 0 Å². The fraction of sp³-hybridized carbons (Fsp3) is 0.100. The van der Waals surface area contributed by atoms with Crippen molar-refractivity contribution in [3.05, 3.63) is 71.4 Å². The highest BCUT2D eigenvalue weighted by Crippen LogP contribution is 2.40.